The molecule has 1 amide bonds. The quantitative estimate of drug-likeness (QED) is 0.718. The first-order valence-electron chi connectivity index (χ1n) is 10.6. The predicted molar refractivity (Wildman–Crippen MR) is 119 cm³/mol. The van der Waals surface area contributed by atoms with Crippen LogP contribution in [0.3, 0.4) is 0 Å². The molecule has 5 nitrogen and oxygen atoms in total. The fraction of sp³-hybridized carbons (Fsp3) is 0.400. The molecule has 0 unspecified atom stereocenters. The summed E-state index contributed by atoms with van der Waals surface area (Å²) in [6, 6.07) is 14.5. The highest BCUT2D eigenvalue weighted by molar-refractivity contribution is 5.91. The molecule has 0 saturated carbocycles. The highest BCUT2D eigenvalue weighted by Gasteiger charge is 2.21. The lowest BCUT2D eigenvalue weighted by molar-refractivity contribution is -0.127. The van der Waals surface area contributed by atoms with Crippen molar-refractivity contribution in [3.63, 3.8) is 0 Å². The number of piperazine rings is 1. The molecule has 0 aromatic heterocycles. The van der Waals surface area contributed by atoms with Gasteiger partial charge in [0.2, 0.25) is 12.7 Å². The summed E-state index contributed by atoms with van der Waals surface area (Å²) in [6.45, 7) is 11.0. The van der Waals surface area contributed by atoms with Gasteiger partial charge in [-0.15, -0.1) is 0 Å². The van der Waals surface area contributed by atoms with Crippen LogP contribution in [0.4, 0.5) is 0 Å². The number of nitrogens with zero attached hydrogens (tertiary/aromatic N) is 2. The van der Waals surface area contributed by atoms with E-state index in [4.69, 9.17) is 9.47 Å². The van der Waals surface area contributed by atoms with Crippen LogP contribution in [-0.4, -0.2) is 48.7 Å². The number of rotatable bonds is 4. The summed E-state index contributed by atoms with van der Waals surface area (Å²) in [7, 11) is 0. The lowest BCUT2D eigenvalue weighted by Gasteiger charge is -2.34. The van der Waals surface area contributed by atoms with Gasteiger partial charge in [0.25, 0.3) is 0 Å². The first-order chi connectivity index (χ1) is 14.4. The molecule has 2 heterocycles. The van der Waals surface area contributed by atoms with E-state index in [0.29, 0.717) is 6.79 Å². The van der Waals surface area contributed by atoms with Gasteiger partial charge in [-0.1, -0.05) is 51.1 Å². The summed E-state index contributed by atoms with van der Waals surface area (Å²) in [5, 5.41) is 0. The van der Waals surface area contributed by atoms with Crippen molar-refractivity contribution >= 4 is 12.0 Å². The molecule has 30 heavy (non-hydrogen) atoms. The maximum Gasteiger partial charge on any atom is 0.246 e. The average molecular weight is 407 g/mol. The van der Waals surface area contributed by atoms with E-state index in [2.05, 4.69) is 56.0 Å². The number of carbonyl (C=O) groups excluding carboxylic acids is 1. The van der Waals surface area contributed by atoms with Gasteiger partial charge in [0, 0.05) is 38.8 Å². The van der Waals surface area contributed by atoms with Gasteiger partial charge in [-0.3, -0.25) is 9.69 Å². The summed E-state index contributed by atoms with van der Waals surface area (Å²) in [4.78, 5) is 16.9. The van der Waals surface area contributed by atoms with Crippen LogP contribution in [-0.2, 0) is 16.8 Å². The van der Waals surface area contributed by atoms with E-state index in [0.717, 1.165) is 49.8 Å². The summed E-state index contributed by atoms with van der Waals surface area (Å²) in [5.74, 6) is 1.72. The lowest BCUT2D eigenvalue weighted by Crippen LogP contribution is -2.47. The van der Waals surface area contributed by atoms with Crippen LogP contribution >= 0.6 is 0 Å². The zero-order valence-corrected chi connectivity index (χ0v) is 18.1. The predicted octanol–water partition coefficient (Wildman–Crippen LogP) is 4.07. The standard InChI is InChI=1S/C25H30N2O3/c1-25(2,3)21-8-4-19(5-9-21)7-11-24(28)27-14-12-26(13-15-27)17-20-6-10-22-23(16-20)30-18-29-22/h4-11,16H,12-15,17-18H2,1-3H3/b11-7-. The van der Waals surface area contributed by atoms with Gasteiger partial charge in [0.1, 0.15) is 0 Å². The van der Waals surface area contributed by atoms with Crippen LogP contribution < -0.4 is 9.47 Å². The van der Waals surface area contributed by atoms with Crippen LogP contribution in [0.2, 0.25) is 0 Å². The van der Waals surface area contributed by atoms with Crippen LogP contribution in [0.25, 0.3) is 6.08 Å². The number of ether oxygens (including phenoxy) is 2. The first-order valence-corrected chi connectivity index (χ1v) is 10.6. The number of carbonyl (C=O) groups is 1. The van der Waals surface area contributed by atoms with Crippen molar-refractivity contribution in [3.8, 4) is 11.5 Å². The minimum absolute atomic E-state index is 0.0811. The van der Waals surface area contributed by atoms with Crippen molar-refractivity contribution in [2.45, 2.75) is 32.7 Å². The first kappa shape index (κ1) is 20.5. The minimum atomic E-state index is 0.0811. The van der Waals surface area contributed by atoms with Crippen molar-refractivity contribution in [2.75, 3.05) is 33.0 Å². The third-order valence-electron chi connectivity index (χ3n) is 5.72. The molecule has 0 radical (unpaired) electrons. The smallest absolute Gasteiger partial charge is 0.246 e. The van der Waals surface area contributed by atoms with Crippen LogP contribution in [0.1, 0.15) is 37.5 Å². The second kappa shape index (κ2) is 8.52. The molecular formula is C25H30N2O3. The van der Waals surface area contributed by atoms with Crippen molar-refractivity contribution in [1.82, 2.24) is 9.80 Å². The van der Waals surface area contributed by atoms with Gasteiger partial charge in [-0.2, -0.15) is 0 Å². The van der Waals surface area contributed by atoms with Crippen molar-refractivity contribution in [1.29, 1.82) is 0 Å². The monoisotopic (exact) mass is 406 g/mol. The van der Waals surface area contributed by atoms with Crippen LogP contribution in [0.15, 0.2) is 48.5 Å². The second-order valence-corrected chi connectivity index (χ2v) is 8.99. The summed E-state index contributed by atoms with van der Waals surface area (Å²) in [5.41, 5.74) is 3.69. The molecule has 0 aliphatic carbocycles. The van der Waals surface area contributed by atoms with Crippen LogP contribution in [0.5, 0.6) is 11.5 Å². The molecule has 0 N–H and O–H groups in total. The Bertz CT molecular complexity index is 920. The van der Waals surface area contributed by atoms with Crippen LogP contribution in [0, 0.1) is 0 Å². The van der Waals surface area contributed by atoms with Crippen molar-refractivity contribution in [2.24, 2.45) is 0 Å². The Morgan fingerprint density at radius 2 is 1.67 bits per heavy atom. The minimum Gasteiger partial charge on any atom is -0.454 e. The molecule has 0 atom stereocenters. The van der Waals surface area contributed by atoms with Gasteiger partial charge in [-0.25, -0.2) is 0 Å². The largest absolute Gasteiger partial charge is 0.454 e. The van der Waals surface area contributed by atoms with E-state index >= 15 is 0 Å². The number of amides is 1. The summed E-state index contributed by atoms with van der Waals surface area (Å²) >= 11 is 0. The van der Waals surface area contributed by atoms with E-state index in [1.807, 2.05) is 23.1 Å². The maximum absolute atomic E-state index is 12.6. The van der Waals surface area contributed by atoms with E-state index in [9.17, 15) is 4.79 Å². The molecule has 2 aromatic rings. The Morgan fingerprint density at radius 3 is 2.37 bits per heavy atom. The molecule has 1 fully saturated rings. The molecule has 2 aliphatic heterocycles. The zero-order valence-electron chi connectivity index (χ0n) is 18.1. The van der Waals surface area contributed by atoms with Gasteiger partial charge >= 0.3 is 0 Å². The SMILES string of the molecule is CC(C)(C)c1ccc(/C=C\C(=O)N2CCN(Cc3ccc4c(c3)OCO4)CC2)cc1. The summed E-state index contributed by atoms with van der Waals surface area (Å²) < 4.78 is 10.8. The third-order valence-corrected chi connectivity index (χ3v) is 5.72. The Hall–Kier alpha value is -2.79. The fourth-order valence-corrected chi connectivity index (χ4v) is 3.79. The van der Waals surface area contributed by atoms with Gasteiger partial charge in [-0.05, 0) is 40.3 Å². The molecular weight excluding hydrogens is 376 g/mol. The fourth-order valence-electron chi connectivity index (χ4n) is 3.79. The second-order valence-electron chi connectivity index (χ2n) is 8.99. The zero-order chi connectivity index (χ0) is 21.1. The Balaban J connectivity index is 1.27. The molecule has 4 rings (SSSR count). The van der Waals surface area contributed by atoms with Gasteiger partial charge < -0.3 is 14.4 Å². The van der Waals surface area contributed by atoms with Gasteiger partial charge in [0.05, 0.1) is 0 Å². The van der Waals surface area contributed by atoms with E-state index in [1.165, 1.54) is 11.1 Å². The molecule has 2 aliphatic rings. The molecule has 5 heteroatoms. The number of fused-ring (bicyclic) bond motifs is 1. The van der Waals surface area contributed by atoms with E-state index in [-0.39, 0.29) is 11.3 Å². The topological polar surface area (TPSA) is 42.0 Å². The van der Waals surface area contributed by atoms with E-state index < -0.39 is 0 Å². The average Bonchev–Trinajstić information content (AvgIpc) is 3.20. The molecule has 2 aromatic carbocycles. The Morgan fingerprint density at radius 1 is 0.967 bits per heavy atom. The van der Waals surface area contributed by atoms with E-state index in [1.54, 1.807) is 6.08 Å². The molecule has 1 saturated heterocycles. The highest BCUT2D eigenvalue weighted by Crippen LogP contribution is 2.32. The van der Waals surface area contributed by atoms with Crippen molar-refractivity contribution in [3.05, 3.63) is 65.2 Å². The van der Waals surface area contributed by atoms with Crippen molar-refractivity contribution < 1.29 is 14.3 Å². The number of hydrogen-bond acceptors (Lipinski definition) is 4. The summed E-state index contributed by atoms with van der Waals surface area (Å²) in [6.07, 6.45) is 3.60. The maximum atomic E-state index is 12.6. The Labute approximate surface area is 178 Å². The Kier molecular flexibility index (Phi) is 5.82. The molecule has 0 bridgehead atoms. The molecule has 0 spiro atoms. The lowest BCUT2D eigenvalue weighted by atomic mass is 9.87. The normalized spacial score (nSPS) is 17.0. The number of benzene rings is 2. The molecule has 158 valence electrons. The number of hydrogen-bond donors (Lipinski definition) is 0. The highest BCUT2D eigenvalue weighted by atomic mass is 16.7. The van der Waals surface area contributed by atoms with Gasteiger partial charge in [0.15, 0.2) is 11.5 Å². The third kappa shape index (κ3) is 4.85.